The molecule has 2 aromatic rings. The fourth-order valence-corrected chi connectivity index (χ4v) is 5.49. The Kier molecular flexibility index (Phi) is 13.1. The van der Waals surface area contributed by atoms with Gasteiger partial charge in [0.05, 0.1) is 16.5 Å². The van der Waals surface area contributed by atoms with Crippen molar-refractivity contribution in [3.63, 3.8) is 0 Å². The van der Waals surface area contributed by atoms with Crippen LogP contribution in [0.2, 0.25) is 0 Å². The lowest BCUT2D eigenvalue weighted by Crippen LogP contribution is -2.49. The van der Waals surface area contributed by atoms with E-state index in [0.29, 0.717) is 36.1 Å². The van der Waals surface area contributed by atoms with Crippen molar-refractivity contribution in [1.29, 1.82) is 5.41 Å². The third kappa shape index (κ3) is 9.09. The topological polar surface area (TPSA) is 146 Å². The highest BCUT2D eigenvalue weighted by Gasteiger charge is 2.34. The van der Waals surface area contributed by atoms with Crippen LogP contribution in [0.1, 0.15) is 52.0 Å². The van der Waals surface area contributed by atoms with Crippen LogP contribution in [0.25, 0.3) is 11.1 Å². The number of esters is 1. The molecular weight excluding hydrogens is 552 g/mol. The van der Waals surface area contributed by atoms with Crippen molar-refractivity contribution in [1.82, 2.24) is 14.9 Å². The van der Waals surface area contributed by atoms with Crippen molar-refractivity contribution >= 4 is 44.7 Å². The lowest BCUT2D eigenvalue weighted by atomic mass is 10.0. The van der Waals surface area contributed by atoms with Crippen LogP contribution in [0.5, 0.6) is 0 Å². The van der Waals surface area contributed by atoms with Crippen LogP contribution >= 0.6 is 11.8 Å². The first-order chi connectivity index (χ1) is 19.1. The number of hydrogen-bond donors (Lipinski definition) is 3. The first-order valence-corrected chi connectivity index (χ1v) is 15.9. The molecule has 0 aromatic heterocycles. The number of ether oxygens (including phenoxy) is 1. The number of amides is 3. The Balaban J connectivity index is 2.40. The molecular formula is C28H38N4O6S2. The van der Waals surface area contributed by atoms with Crippen molar-refractivity contribution in [2.75, 3.05) is 19.4 Å². The van der Waals surface area contributed by atoms with Gasteiger partial charge in [-0.3, -0.25) is 10.2 Å². The average Bonchev–Trinajstić information content (AvgIpc) is 2.94. The number of unbranched alkanes of at least 4 members (excludes halogenated alkanes) is 1. The summed E-state index contributed by atoms with van der Waals surface area (Å²) in [7, 11) is -4.15. The van der Waals surface area contributed by atoms with E-state index in [1.807, 2.05) is 18.6 Å². The number of urea groups is 1. The molecule has 0 fully saturated rings. The number of carbonyl (C=O) groups excluding carboxylic acids is 3. The van der Waals surface area contributed by atoms with E-state index in [0.717, 1.165) is 18.2 Å². The van der Waals surface area contributed by atoms with Gasteiger partial charge in [-0.25, -0.2) is 22.7 Å². The van der Waals surface area contributed by atoms with Gasteiger partial charge in [-0.15, -0.1) is 11.8 Å². The van der Waals surface area contributed by atoms with Crippen LogP contribution in [0.4, 0.5) is 4.79 Å². The van der Waals surface area contributed by atoms with Gasteiger partial charge in [-0.05, 0) is 43.2 Å². The zero-order chi connectivity index (χ0) is 29.7. The number of hydrogen-bond acceptors (Lipinski definition) is 8. The summed E-state index contributed by atoms with van der Waals surface area (Å²) in [5.41, 5.74) is 1.67. The summed E-state index contributed by atoms with van der Waals surface area (Å²) in [5, 5.41) is 10.9. The fraction of sp³-hybridized carbons (Fsp3) is 0.429. The zero-order valence-corrected chi connectivity index (χ0v) is 25.0. The Hall–Kier alpha value is -3.38. The molecule has 0 saturated heterocycles. The van der Waals surface area contributed by atoms with Gasteiger partial charge in [0.2, 0.25) is 5.91 Å². The Bertz CT molecular complexity index is 1280. The summed E-state index contributed by atoms with van der Waals surface area (Å²) < 4.78 is 33.2. The van der Waals surface area contributed by atoms with Gasteiger partial charge >= 0.3 is 12.0 Å². The van der Waals surface area contributed by atoms with Gasteiger partial charge in [0.1, 0.15) is 0 Å². The first-order valence-electron chi connectivity index (χ1n) is 13.2. The van der Waals surface area contributed by atoms with Crippen molar-refractivity contribution < 1.29 is 27.5 Å². The number of benzene rings is 2. The van der Waals surface area contributed by atoms with Crippen LogP contribution in [0.3, 0.4) is 0 Å². The second-order valence-corrected chi connectivity index (χ2v) is 11.4. The molecule has 0 spiro atoms. The molecule has 0 heterocycles. The van der Waals surface area contributed by atoms with E-state index in [4.69, 9.17) is 10.1 Å². The van der Waals surface area contributed by atoms with Crippen LogP contribution in [0, 0.1) is 5.41 Å². The largest absolute Gasteiger partial charge is 0.464 e. The molecule has 0 aliphatic rings. The number of thioether (sulfide) groups is 1. The maximum absolute atomic E-state index is 13.2. The molecule has 218 valence electrons. The van der Waals surface area contributed by atoms with E-state index in [-0.39, 0.29) is 35.4 Å². The molecule has 1 unspecified atom stereocenters. The standard InChI is InChI=1S/C28H38N4O6S2/c1-5-8-13-24(33)32(25(26(29)39-4)27(34)38-7-3)19-20-14-16-21(17-15-20)22-11-9-10-12-23(22)40(36,37)31-28(35)30-18-6-2/h9-12,14-17,25,29H,5-8,13,18-19H2,1-4H3,(H2,30,31,35). The summed E-state index contributed by atoms with van der Waals surface area (Å²) in [6.07, 6.45) is 4.01. The van der Waals surface area contributed by atoms with Crippen LogP contribution in [-0.2, 0) is 30.9 Å². The third-order valence-corrected chi connectivity index (χ3v) is 7.96. The minimum atomic E-state index is -4.15. The number of sulfonamides is 1. The Labute approximate surface area is 240 Å². The quantitative estimate of drug-likeness (QED) is 0.166. The summed E-state index contributed by atoms with van der Waals surface area (Å²) in [4.78, 5) is 39.3. The molecule has 2 rings (SSSR count). The maximum atomic E-state index is 13.2. The number of nitrogens with zero attached hydrogens (tertiary/aromatic N) is 1. The lowest BCUT2D eigenvalue weighted by molar-refractivity contribution is -0.152. The summed E-state index contributed by atoms with van der Waals surface area (Å²) in [6.45, 7) is 6.03. The van der Waals surface area contributed by atoms with Crippen LogP contribution < -0.4 is 10.0 Å². The molecule has 0 aliphatic heterocycles. The normalized spacial score (nSPS) is 11.8. The zero-order valence-electron chi connectivity index (χ0n) is 23.4. The van der Waals surface area contributed by atoms with E-state index < -0.39 is 28.1 Å². The lowest BCUT2D eigenvalue weighted by Gasteiger charge is -2.30. The molecule has 2 aromatic carbocycles. The van der Waals surface area contributed by atoms with Gasteiger partial charge in [0, 0.05) is 25.1 Å². The van der Waals surface area contributed by atoms with Gasteiger partial charge in [0.25, 0.3) is 10.0 Å². The Morgan fingerprint density at radius 1 is 1.02 bits per heavy atom. The third-order valence-electron chi connectivity index (χ3n) is 5.91. The predicted octanol–water partition coefficient (Wildman–Crippen LogP) is 4.54. The number of rotatable bonds is 14. The molecule has 3 N–H and O–H groups in total. The maximum Gasteiger partial charge on any atom is 0.335 e. The molecule has 0 aliphatic carbocycles. The van der Waals surface area contributed by atoms with E-state index in [1.165, 1.54) is 11.0 Å². The van der Waals surface area contributed by atoms with Crippen molar-refractivity contribution in [3.05, 3.63) is 54.1 Å². The highest BCUT2D eigenvalue weighted by atomic mass is 32.2. The van der Waals surface area contributed by atoms with Gasteiger partial charge in [-0.1, -0.05) is 62.7 Å². The molecule has 12 heteroatoms. The summed E-state index contributed by atoms with van der Waals surface area (Å²) in [6, 6.07) is 11.3. The highest BCUT2D eigenvalue weighted by molar-refractivity contribution is 8.13. The predicted molar refractivity (Wildman–Crippen MR) is 158 cm³/mol. The number of carbonyl (C=O) groups is 3. The molecule has 0 saturated carbocycles. The SMILES string of the molecule is CCCCC(=O)N(Cc1ccc(-c2ccccc2S(=O)(=O)NC(=O)NCCC)cc1)C(C(=N)SC)C(=O)OCC. The van der Waals surface area contributed by atoms with E-state index in [2.05, 4.69) is 5.32 Å². The van der Waals surface area contributed by atoms with E-state index >= 15 is 0 Å². The summed E-state index contributed by atoms with van der Waals surface area (Å²) in [5.74, 6) is -0.912. The first kappa shape index (κ1) is 32.8. The second-order valence-electron chi connectivity index (χ2n) is 8.90. The van der Waals surface area contributed by atoms with Gasteiger partial charge in [0.15, 0.2) is 6.04 Å². The van der Waals surface area contributed by atoms with Crippen molar-refractivity contribution in [2.45, 2.75) is 63.9 Å². The molecule has 10 nitrogen and oxygen atoms in total. The molecule has 40 heavy (non-hydrogen) atoms. The Morgan fingerprint density at radius 2 is 1.70 bits per heavy atom. The molecule has 0 bridgehead atoms. The fourth-order valence-electron chi connectivity index (χ4n) is 3.88. The monoisotopic (exact) mass is 590 g/mol. The second kappa shape index (κ2) is 16.0. The minimum Gasteiger partial charge on any atom is -0.464 e. The molecule has 3 amide bonds. The van der Waals surface area contributed by atoms with Gasteiger partial charge < -0.3 is 15.0 Å². The van der Waals surface area contributed by atoms with Crippen molar-refractivity contribution in [2.24, 2.45) is 0 Å². The Morgan fingerprint density at radius 3 is 2.30 bits per heavy atom. The van der Waals surface area contributed by atoms with Crippen LogP contribution in [-0.4, -0.2) is 61.7 Å². The highest BCUT2D eigenvalue weighted by Crippen LogP contribution is 2.28. The molecule has 1 atom stereocenters. The van der Waals surface area contributed by atoms with E-state index in [9.17, 15) is 22.8 Å². The average molecular weight is 591 g/mol. The smallest absolute Gasteiger partial charge is 0.335 e. The summed E-state index contributed by atoms with van der Waals surface area (Å²) >= 11 is 1.08. The molecule has 0 radical (unpaired) electrons. The number of nitrogens with one attached hydrogen (secondary N) is 3. The van der Waals surface area contributed by atoms with Crippen molar-refractivity contribution in [3.8, 4) is 11.1 Å². The minimum absolute atomic E-state index is 0.00882. The van der Waals surface area contributed by atoms with Gasteiger partial charge in [-0.2, -0.15) is 0 Å². The van der Waals surface area contributed by atoms with E-state index in [1.54, 1.807) is 55.6 Å². The van der Waals surface area contributed by atoms with Crippen LogP contribution in [0.15, 0.2) is 53.4 Å².